The van der Waals surface area contributed by atoms with Gasteiger partial charge in [0.15, 0.2) is 0 Å². The molecule has 1 saturated carbocycles. The molecular weight excluding hydrogens is 1020 g/mol. The minimum Gasteiger partial charge on any atom is -0.311 e. The molecule has 0 N–H and O–H groups in total. The first-order valence-corrected chi connectivity index (χ1v) is 33.3. The van der Waals surface area contributed by atoms with E-state index in [1.807, 2.05) is 0 Å². The number of rotatable bonds is 2. The predicted molar refractivity (Wildman–Crippen MR) is 365 cm³/mol. The van der Waals surface area contributed by atoms with Crippen molar-refractivity contribution in [3.8, 4) is 11.1 Å². The van der Waals surface area contributed by atoms with Crippen molar-refractivity contribution in [1.82, 2.24) is 0 Å². The monoisotopic (exact) mass is 1120 g/mol. The Kier molecular flexibility index (Phi) is 11.5. The largest absolute Gasteiger partial charge is 0.311 e. The van der Waals surface area contributed by atoms with Crippen molar-refractivity contribution in [3.05, 3.63) is 198 Å². The molecule has 436 valence electrons. The third-order valence-electron chi connectivity index (χ3n) is 25.9. The first kappa shape index (κ1) is 55.7. The van der Waals surface area contributed by atoms with Gasteiger partial charge >= 0.3 is 0 Å². The molecule has 7 aromatic rings. The summed E-state index contributed by atoms with van der Waals surface area (Å²) >= 11 is 0. The molecule has 0 amide bonds. The van der Waals surface area contributed by atoms with Crippen molar-refractivity contribution >= 4 is 51.8 Å². The topological polar surface area (TPSA) is 3.24 Å². The molecule has 85 heavy (non-hydrogen) atoms. The molecule has 1 fully saturated rings. The Morgan fingerprint density at radius 1 is 0.471 bits per heavy atom. The molecule has 6 bridgehead atoms. The van der Waals surface area contributed by atoms with Gasteiger partial charge in [-0.2, -0.15) is 0 Å². The lowest BCUT2D eigenvalue weighted by Crippen LogP contribution is -2.59. The Balaban J connectivity index is 1.04. The van der Waals surface area contributed by atoms with Gasteiger partial charge < -0.3 is 4.90 Å². The summed E-state index contributed by atoms with van der Waals surface area (Å²) in [5.41, 5.74) is 36.7. The first-order valence-electron chi connectivity index (χ1n) is 33.3. The van der Waals surface area contributed by atoms with Crippen molar-refractivity contribution in [2.45, 2.75) is 239 Å². The molecule has 15 rings (SSSR count). The molecule has 1 nitrogen and oxygen atoms in total. The van der Waals surface area contributed by atoms with Crippen LogP contribution in [0.1, 0.15) is 264 Å². The molecule has 0 spiro atoms. The highest BCUT2D eigenvalue weighted by molar-refractivity contribution is 6.99. The van der Waals surface area contributed by atoms with Crippen molar-refractivity contribution < 1.29 is 0 Å². The van der Waals surface area contributed by atoms with E-state index >= 15 is 0 Å². The van der Waals surface area contributed by atoms with E-state index in [0.717, 1.165) is 0 Å². The van der Waals surface area contributed by atoms with E-state index in [4.69, 9.17) is 0 Å². The molecular formula is C83H96BN. The Bertz CT molecular complexity index is 4100. The van der Waals surface area contributed by atoms with Gasteiger partial charge in [0.1, 0.15) is 0 Å². The van der Waals surface area contributed by atoms with Crippen LogP contribution in [0.5, 0.6) is 0 Å². The number of benzene rings is 7. The quantitative estimate of drug-likeness (QED) is 0.156. The molecule has 5 atom stereocenters. The highest BCUT2D eigenvalue weighted by atomic mass is 15.2. The van der Waals surface area contributed by atoms with Gasteiger partial charge in [0.25, 0.3) is 0 Å². The number of anilines is 3. The van der Waals surface area contributed by atoms with Crippen LogP contribution in [-0.4, -0.2) is 6.71 Å². The van der Waals surface area contributed by atoms with Crippen LogP contribution in [0.25, 0.3) is 22.8 Å². The van der Waals surface area contributed by atoms with Gasteiger partial charge in [-0.05, 0) is 274 Å². The number of aryl methyl sites for hydroxylation is 3. The minimum atomic E-state index is -0.0161. The summed E-state index contributed by atoms with van der Waals surface area (Å²) in [6.45, 7) is 47.7. The zero-order chi connectivity index (χ0) is 60.0. The van der Waals surface area contributed by atoms with Crippen molar-refractivity contribution in [3.63, 3.8) is 0 Å². The summed E-state index contributed by atoms with van der Waals surface area (Å²) in [4.78, 5) is 2.79. The normalized spacial score (nSPS) is 27.0. The highest BCUT2D eigenvalue weighted by Gasteiger charge is 2.63. The second kappa shape index (κ2) is 17.5. The molecule has 2 heterocycles. The van der Waals surface area contributed by atoms with Gasteiger partial charge in [0.2, 0.25) is 6.71 Å². The van der Waals surface area contributed by atoms with Crippen LogP contribution in [0.4, 0.5) is 17.1 Å². The molecule has 2 aliphatic heterocycles. The Morgan fingerprint density at radius 2 is 1.05 bits per heavy atom. The summed E-state index contributed by atoms with van der Waals surface area (Å²) in [6.07, 6.45) is 13.6. The summed E-state index contributed by atoms with van der Waals surface area (Å²) < 4.78 is 0. The Hall–Kier alpha value is -5.86. The molecule has 6 aliphatic carbocycles. The van der Waals surface area contributed by atoms with Gasteiger partial charge in [-0.1, -0.05) is 207 Å². The summed E-state index contributed by atoms with van der Waals surface area (Å²) in [5, 5.41) is 0. The maximum absolute atomic E-state index is 2.79. The number of hydrogen-bond donors (Lipinski definition) is 0. The second-order valence-electron chi connectivity index (χ2n) is 34.4. The number of hydrogen-bond acceptors (Lipinski definition) is 1. The van der Waals surface area contributed by atoms with Gasteiger partial charge in [-0.25, -0.2) is 0 Å². The minimum absolute atomic E-state index is 0.000109. The van der Waals surface area contributed by atoms with Crippen LogP contribution in [0.15, 0.2) is 109 Å². The Morgan fingerprint density at radius 3 is 1.69 bits per heavy atom. The van der Waals surface area contributed by atoms with E-state index in [-0.39, 0.29) is 61.4 Å². The zero-order valence-electron chi connectivity index (χ0n) is 55.5. The lowest BCUT2D eigenvalue weighted by atomic mass is 9.33. The van der Waals surface area contributed by atoms with Crippen LogP contribution in [0.3, 0.4) is 0 Å². The molecule has 7 aromatic carbocycles. The molecule has 5 unspecified atom stereocenters. The third kappa shape index (κ3) is 7.66. The SMILES string of the molecule is Cc1cc2c3c(c1)N(c1cc4c(cc1C)C(C)(C)CCC4(C)C)c1cc4c(cc1B3c1ccc3cc1C(=C2)c1cc2c(cc1C)C(C)(C)CCC2(C)C1CCC2(C)c5cc(-c6ccc(C(C)(C)C)cc6)ccc5C3C2(C)C1)C(C)(C)CCC4(C)C. The fraction of sp³-hybridized carbons (Fsp3) is 0.470. The fourth-order valence-electron chi connectivity index (χ4n) is 19.8. The van der Waals surface area contributed by atoms with Crippen molar-refractivity contribution in [1.29, 1.82) is 0 Å². The standard InChI is InChI=1S/C83H96BN/c1-48-36-54-41-59-58-43-67-63(38-49(58)2)80(15,16)34-35-81(67,17)56-28-29-82(18)61-42-52(51-20-24-55(25-21-51)75(4,5)6)22-26-57(61)73(83(82,19)47-56)53-23-27-68(60(59)40-53)84-69-44-64-66(79(13,14)33-31-77(64,9)10)46-71(69)85(72(37-48)74(54)84)70-45-65-62(39-50(70)3)76(7,8)30-32-78(65,11)12/h20-27,36-46,56,73H,28-35,47H2,1-19H3. The number of fused-ring (bicyclic) bond motifs is 14. The average molecular weight is 1120 g/mol. The van der Waals surface area contributed by atoms with Crippen LogP contribution >= 0.6 is 0 Å². The molecule has 0 saturated heterocycles. The molecule has 8 aliphatic rings. The van der Waals surface area contributed by atoms with E-state index < -0.39 is 0 Å². The average Bonchev–Trinajstić information content (AvgIpc) is 1.66. The Labute approximate surface area is 513 Å². The van der Waals surface area contributed by atoms with E-state index in [1.165, 1.54) is 169 Å². The lowest BCUT2D eigenvalue weighted by Gasteiger charge is -2.57. The predicted octanol–water partition coefficient (Wildman–Crippen LogP) is 20.0. The third-order valence-corrected chi connectivity index (χ3v) is 25.9. The van der Waals surface area contributed by atoms with E-state index in [9.17, 15) is 0 Å². The van der Waals surface area contributed by atoms with E-state index in [1.54, 1.807) is 27.8 Å². The van der Waals surface area contributed by atoms with Gasteiger partial charge in [0, 0.05) is 23.0 Å². The van der Waals surface area contributed by atoms with Crippen LogP contribution in [0, 0.1) is 32.1 Å². The lowest BCUT2D eigenvalue weighted by molar-refractivity contribution is 0.0195. The maximum atomic E-state index is 2.79. The molecule has 0 radical (unpaired) electrons. The molecule has 2 heteroatoms. The number of nitrogens with zero attached hydrogens (tertiary/aromatic N) is 1. The second-order valence-corrected chi connectivity index (χ2v) is 34.4. The van der Waals surface area contributed by atoms with Crippen molar-refractivity contribution in [2.24, 2.45) is 11.3 Å². The first-order chi connectivity index (χ1) is 39.8. The van der Waals surface area contributed by atoms with Crippen LogP contribution in [-0.2, 0) is 43.3 Å². The van der Waals surface area contributed by atoms with Crippen LogP contribution in [0.2, 0.25) is 0 Å². The summed E-state index contributed by atoms with van der Waals surface area (Å²) in [6, 6.07) is 46.8. The van der Waals surface area contributed by atoms with Gasteiger partial charge in [-0.3, -0.25) is 0 Å². The summed E-state index contributed by atoms with van der Waals surface area (Å²) in [5.74, 6) is 0.809. The van der Waals surface area contributed by atoms with Gasteiger partial charge in [0.05, 0.1) is 0 Å². The van der Waals surface area contributed by atoms with Gasteiger partial charge in [-0.15, -0.1) is 0 Å². The zero-order valence-corrected chi connectivity index (χ0v) is 55.5. The molecule has 0 aromatic heterocycles. The van der Waals surface area contributed by atoms with Crippen molar-refractivity contribution in [2.75, 3.05) is 4.90 Å². The van der Waals surface area contributed by atoms with E-state index in [2.05, 4.69) is 252 Å². The highest BCUT2D eigenvalue weighted by Crippen LogP contribution is 2.71. The fourth-order valence-corrected chi connectivity index (χ4v) is 19.8. The van der Waals surface area contributed by atoms with E-state index in [0.29, 0.717) is 5.92 Å². The summed E-state index contributed by atoms with van der Waals surface area (Å²) in [7, 11) is 0. The smallest absolute Gasteiger partial charge is 0.248 e. The maximum Gasteiger partial charge on any atom is 0.248 e. The van der Waals surface area contributed by atoms with Crippen LogP contribution < -0.4 is 21.3 Å².